The Morgan fingerprint density at radius 3 is 1.68 bits per heavy atom. The van der Waals surface area contributed by atoms with Gasteiger partial charge in [-0.2, -0.15) is 9.97 Å². The van der Waals surface area contributed by atoms with Crippen molar-refractivity contribution in [2.24, 2.45) is 0 Å². The SMILES string of the molecule is CC(=O)OCC1C=CC(n2cc(F)c(N)nc2=O)O1.I[I-]I.I[I-]I.Nc1nc(=O)n(C2C=CC(CO)O2)cc1F. The maximum absolute atomic E-state index is 13.3. The molecule has 0 radical (unpaired) electrons. The molecule has 2 aromatic heterocycles. The normalized spacial score (nSPS) is 20.4. The number of nitrogens with zero attached hydrogens (tertiary/aromatic N) is 4. The van der Waals surface area contributed by atoms with Crippen LogP contribution in [0.5, 0.6) is 0 Å². The molecule has 0 saturated heterocycles. The molecule has 0 fully saturated rings. The summed E-state index contributed by atoms with van der Waals surface area (Å²) in [4.78, 5) is 40.2. The summed E-state index contributed by atoms with van der Waals surface area (Å²) in [5.74, 6) is -2.93. The number of aliphatic hydroxyl groups is 1. The summed E-state index contributed by atoms with van der Waals surface area (Å²) >= 11 is 10.6. The molecule has 0 aromatic carbocycles. The Bertz CT molecular complexity index is 1320. The van der Waals surface area contributed by atoms with Crippen molar-refractivity contribution in [2.45, 2.75) is 31.6 Å². The molecule has 0 saturated carbocycles. The minimum Gasteiger partial charge on any atom is -0.393 e. The van der Waals surface area contributed by atoms with E-state index in [0.717, 1.165) is 21.5 Å². The monoisotopic (exact) mass is 1260 g/mol. The molecule has 4 atom stereocenters. The Kier molecular flexibility index (Phi) is 20.4. The van der Waals surface area contributed by atoms with Gasteiger partial charge in [-0.05, 0) is 12.2 Å². The molecule has 2 aliphatic rings. The Hall–Kier alpha value is 0.430. The molecule has 0 bridgehead atoms. The molecule has 0 spiro atoms. The number of nitrogens with two attached hydrogens (primary N) is 2. The van der Waals surface area contributed by atoms with Gasteiger partial charge >= 0.3 is 118 Å². The second-order valence-corrected chi connectivity index (χ2v) is 39.8. The van der Waals surface area contributed by atoms with Crippen LogP contribution in [0.4, 0.5) is 20.4 Å². The van der Waals surface area contributed by atoms with Crippen LogP contribution in [0.3, 0.4) is 0 Å². The summed E-state index contributed by atoms with van der Waals surface area (Å²) in [5.41, 5.74) is 8.90. The van der Waals surface area contributed by atoms with Crippen molar-refractivity contribution >= 4 is 92.1 Å². The first-order valence-electron chi connectivity index (χ1n) is 10.7. The number of rotatable bonds is 5. The van der Waals surface area contributed by atoms with Crippen molar-refractivity contribution in [1.82, 2.24) is 19.1 Å². The van der Waals surface area contributed by atoms with Gasteiger partial charge in [0.25, 0.3) is 0 Å². The van der Waals surface area contributed by atoms with E-state index < -0.39 is 65.3 Å². The van der Waals surface area contributed by atoms with Crippen LogP contribution in [-0.4, -0.2) is 55.6 Å². The summed E-state index contributed by atoms with van der Waals surface area (Å²) in [6, 6.07) is 0. The van der Waals surface area contributed by atoms with Crippen molar-refractivity contribution in [2.75, 3.05) is 24.7 Å². The average Bonchev–Trinajstić information content (AvgIpc) is 3.58. The zero-order valence-electron chi connectivity index (χ0n) is 20.6. The fraction of sp³-hybridized carbons (Fsp3) is 0.350. The van der Waals surface area contributed by atoms with Gasteiger partial charge in [-0.3, -0.25) is 13.9 Å². The first kappa shape index (κ1) is 39.5. The molecule has 4 unspecified atom stereocenters. The number of ether oxygens (including phenoxy) is 3. The van der Waals surface area contributed by atoms with E-state index in [1.54, 1.807) is 24.3 Å². The molecule has 0 aliphatic carbocycles. The summed E-state index contributed by atoms with van der Waals surface area (Å²) in [5, 5.41) is 8.83. The van der Waals surface area contributed by atoms with Crippen molar-refractivity contribution < 1.29 is 59.4 Å². The molecule has 13 nitrogen and oxygen atoms in total. The maximum Gasteiger partial charge on any atom is 0.352 e. The van der Waals surface area contributed by atoms with Crippen molar-refractivity contribution in [3.63, 3.8) is 0 Å². The Morgan fingerprint density at radius 1 is 0.927 bits per heavy atom. The van der Waals surface area contributed by atoms with Crippen LogP contribution in [0.2, 0.25) is 0 Å². The number of carbonyl (C=O) groups is 1. The Balaban J connectivity index is 0.000000347. The van der Waals surface area contributed by atoms with Crippen LogP contribution in [-0.2, 0) is 19.0 Å². The molecule has 232 valence electrons. The molecule has 2 aromatic rings. The number of halogens is 8. The van der Waals surface area contributed by atoms with Crippen molar-refractivity contribution in [3.8, 4) is 0 Å². The Labute approximate surface area is 291 Å². The second kappa shape index (κ2) is 21.2. The Morgan fingerprint density at radius 2 is 1.32 bits per heavy atom. The predicted molar refractivity (Wildman–Crippen MR) is 172 cm³/mol. The summed E-state index contributed by atoms with van der Waals surface area (Å²) in [6.07, 6.45) is 5.63. The zero-order chi connectivity index (χ0) is 31.1. The number of nitrogen functional groups attached to an aromatic ring is 2. The number of anilines is 2. The van der Waals surface area contributed by atoms with E-state index in [2.05, 4.69) is 84.4 Å². The second-order valence-electron chi connectivity index (χ2n) is 7.32. The van der Waals surface area contributed by atoms with E-state index >= 15 is 0 Å². The van der Waals surface area contributed by atoms with Gasteiger partial charge in [0.2, 0.25) is 0 Å². The van der Waals surface area contributed by atoms with Crippen LogP contribution in [0.1, 0.15) is 19.4 Å². The van der Waals surface area contributed by atoms with Crippen molar-refractivity contribution in [3.05, 3.63) is 69.3 Å². The minimum absolute atomic E-state index is 0.0297. The minimum atomic E-state index is -0.806. The summed E-state index contributed by atoms with van der Waals surface area (Å²) < 4.78 is 43.7. The molecule has 0 amide bonds. The van der Waals surface area contributed by atoms with Gasteiger partial charge in [-0.25, -0.2) is 18.4 Å². The molecule has 4 heterocycles. The maximum atomic E-state index is 13.3. The quantitative estimate of drug-likeness (QED) is 0.157. The first-order valence-corrected chi connectivity index (χ1v) is 35.8. The molecular formula is C20H22F2I6N6O7-2. The number of aliphatic hydroxyl groups excluding tert-OH is 1. The number of hydrogen-bond acceptors (Lipinski definition) is 11. The molecule has 4 rings (SSSR count). The number of esters is 1. The van der Waals surface area contributed by atoms with E-state index in [0.29, 0.717) is 26.5 Å². The van der Waals surface area contributed by atoms with Gasteiger partial charge in [0.1, 0.15) is 18.8 Å². The summed E-state index contributed by atoms with van der Waals surface area (Å²) in [6.45, 7) is 1.11. The van der Waals surface area contributed by atoms with Crippen LogP contribution in [0.25, 0.3) is 0 Å². The predicted octanol–water partition coefficient (Wildman–Crippen LogP) is -3.06. The van der Waals surface area contributed by atoms with Crippen LogP contribution in [0, 0.1) is 11.6 Å². The van der Waals surface area contributed by atoms with Gasteiger partial charge < -0.3 is 30.8 Å². The van der Waals surface area contributed by atoms with Gasteiger partial charge in [-0.1, -0.05) is 12.2 Å². The largest absolute Gasteiger partial charge is 0.393 e. The zero-order valence-corrected chi connectivity index (χ0v) is 33.5. The molecular weight excluding hydrogens is 1240 g/mol. The fourth-order valence-corrected chi connectivity index (χ4v) is 2.97. The van der Waals surface area contributed by atoms with Crippen LogP contribution in [0.15, 0.2) is 46.3 Å². The smallest absolute Gasteiger partial charge is 0.352 e. The van der Waals surface area contributed by atoms with Gasteiger partial charge in [0.05, 0.1) is 19.0 Å². The average molecular weight is 1260 g/mol. The van der Waals surface area contributed by atoms with Crippen LogP contribution < -0.4 is 49.4 Å². The summed E-state index contributed by atoms with van der Waals surface area (Å²) in [7, 11) is 0. The first-order chi connectivity index (χ1) is 19.4. The number of hydrogen-bond donors (Lipinski definition) is 3. The van der Waals surface area contributed by atoms with E-state index in [4.69, 9.17) is 30.8 Å². The molecule has 41 heavy (non-hydrogen) atoms. The van der Waals surface area contributed by atoms with Gasteiger partial charge in [0, 0.05) is 6.92 Å². The molecule has 5 N–H and O–H groups in total. The number of carbonyl (C=O) groups excluding carboxylic acids is 1. The third kappa shape index (κ3) is 13.9. The van der Waals surface area contributed by atoms with Crippen LogP contribution >= 0.6 is 74.5 Å². The number of aromatic nitrogens is 4. The molecule has 2 aliphatic heterocycles. The standard InChI is InChI=1S/C11H12FN3O4.C9H10FN3O3.2I3/c1-6(16)18-5-7-2-3-9(19-7)15-4-8(12)10(13)14-11(15)17;10-6-3-13(9(15)12-8(6)11)7-2-1-5(4-14)16-7;2*1-3-2/h2-4,7,9H,5H2,1H3,(H2,13,14,17);1-3,5,7,14H,4H2,(H2,11,12,15);;/q;;2*-1. The van der Waals surface area contributed by atoms with E-state index in [-0.39, 0.29) is 13.2 Å². The topological polar surface area (TPSA) is 187 Å². The third-order valence-corrected chi connectivity index (χ3v) is 4.66. The third-order valence-electron chi connectivity index (χ3n) is 4.66. The van der Waals surface area contributed by atoms with Gasteiger partial charge in [-0.15, -0.1) is 0 Å². The van der Waals surface area contributed by atoms with E-state index in [9.17, 15) is 23.2 Å². The van der Waals surface area contributed by atoms with E-state index in [1.807, 2.05) is 0 Å². The van der Waals surface area contributed by atoms with Crippen molar-refractivity contribution in [1.29, 1.82) is 0 Å². The van der Waals surface area contributed by atoms with E-state index in [1.165, 1.54) is 6.92 Å². The fourth-order valence-electron chi connectivity index (χ4n) is 2.97. The molecule has 21 heteroatoms. The van der Waals surface area contributed by atoms with Gasteiger partial charge in [0.15, 0.2) is 35.7 Å².